The molecule has 0 aliphatic carbocycles. The maximum atomic E-state index is 13.3. The highest BCUT2D eigenvalue weighted by atomic mass is 32.9. The lowest BCUT2D eigenvalue weighted by Crippen LogP contribution is -2.25. The molecule has 15 heteroatoms. The number of rotatable bonds is 5. The first-order chi connectivity index (χ1) is 17.3. The molecule has 2 N–H and O–H groups in total. The number of urea groups is 1. The molecule has 0 unspecified atom stereocenters. The number of ether oxygens (including phenoxy) is 2. The first kappa shape index (κ1) is 26.3. The quantitative estimate of drug-likeness (QED) is 0.208. The van der Waals surface area contributed by atoms with Crippen LogP contribution in [0.5, 0.6) is 11.5 Å². The van der Waals surface area contributed by atoms with E-state index in [1.54, 1.807) is 23.6 Å². The normalized spacial score (nSPS) is 12.0. The van der Waals surface area contributed by atoms with Crippen LogP contribution >= 0.6 is 20.7 Å². The van der Waals surface area contributed by atoms with Crippen molar-refractivity contribution in [1.29, 1.82) is 0 Å². The van der Waals surface area contributed by atoms with Crippen LogP contribution in [-0.4, -0.2) is 24.8 Å². The van der Waals surface area contributed by atoms with Crippen molar-refractivity contribution in [2.45, 2.75) is 12.4 Å². The van der Waals surface area contributed by atoms with Crippen LogP contribution in [0.25, 0.3) is 16.3 Å². The van der Waals surface area contributed by atoms with Crippen molar-refractivity contribution in [2.24, 2.45) is 0 Å². The number of hydrogen-bond donors (Lipinski definition) is 2. The Kier molecular flexibility index (Phi) is 6.85. The van der Waals surface area contributed by atoms with E-state index in [0.717, 1.165) is 10.3 Å². The highest BCUT2D eigenvalue weighted by Gasteiger charge is 2.37. The molecule has 0 aromatic heterocycles. The van der Waals surface area contributed by atoms with Crippen LogP contribution in [0.3, 0.4) is 0 Å². The molecule has 0 saturated carbocycles. The van der Waals surface area contributed by atoms with Gasteiger partial charge in [-0.2, -0.15) is 26.3 Å². The van der Waals surface area contributed by atoms with Crippen molar-refractivity contribution in [3.63, 3.8) is 0 Å². The molecule has 2 heterocycles. The summed E-state index contributed by atoms with van der Waals surface area (Å²) in [5.74, 6) is 0.741. The van der Waals surface area contributed by atoms with Gasteiger partial charge in [-0.3, -0.25) is 9.36 Å². The summed E-state index contributed by atoms with van der Waals surface area (Å²) in [7, 11) is 5.22. The number of amides is 2. The standard InChI is InChI=1S/C22H15F6N3O4S2/c1-34-13-3-4-14(16(8-13)35-2)31-15-9-36-37-18(15)17(19(31)32)30-20(33)29-12-6-10(21(23,24)25)5-11(7-12)22(26,27)28/h3-9H,1-2H3,(H2,29,30,33). The number of anilines is 2. The molecule has 0 bridgehead atoms. The minimum Gasteiger partial charge on any atom is -0.497 e. The number of carbonyl (C=O) groups excluding carboxylic acids is 1. The molecule has 37 heavy (non-hydrogen) atoms. The first-order valence-electron chi connectivity index (χ1n) is 10.1. The molecule has 0 saturated heterocycles. The van der Waals surface area contributed by atoms with Gasteiger partial charge in [0.25, 0.3) is 5.56 Å². The Hall–Kier alpha value is -3.72. The van der Waals surface area contributed by atoms with Gasteiger partial charge in [0.05, 0.1) is 41.6 Å². The van der Waals surface area contributed by atoms with Crippen LogP contribution < -0.4 is 25.7 Å². The molecular formula is C22H15F6N3O4S2. The number of aromatic nitrogens is 1. The number of fused-ring (bicyclic) bond motifs is 1. The molecule has 2 aromatic carbocycles. The van der Waals surface area contributed by atoms with E-state index in [0.29, 0.717) is 34.1 Å². The van der Waals surface area contributed by atoms with Gasteiger partial charge >= 0.3 is 18.4 Å². The van der Waals surface area contributed by atoms with Gasteiger partial charge in [-0.25, -0.2) is 4.79 Å². The van der Waals surface area contributed by atoms with E-state index in [1.807, 2.05) is 5.32 Å². The Labute approximate surface area is 211 Å². The number of hydrogen-bond acceptors (Lipinski definition) is 6. The Morgan fingerprint density at radius 2 is 1.57 bits per heavy atom. The van der Waals surface area contributed by atoms with E-state index < -0.39 is 40.8 Å². The summed E-state index contributed by atoms with van der Waals surface area (Å²) in [6.07, 6.45) is -10.2. The van der Waals surface area contributed by atoms with Gasteiger partial charge in [-0.05, 0) is 30.3 Å². The summed E-state index contributed by atoms with van der Waals surface area (Å²) in [5.41, 5.74) is -4.10. The van der Waals surface area contributed by atoms with E-state index in [-0.39, 0.29) is 17.5 Å². The largest absolute Gasteiger partial charge is 0.497 e. The van der Waals surface area contributed by atoms with E-state index in [4.69, 9.17) is 9.47 Å². The Morgan fingerprint density at radius 3 is 2.14 bits per heavy atom. The van der Waals surface area contributed by atoms with Gasteiger partial charge in [-0.15, -0.1) is 0 Å². The zero-order valence-electron chi connectivity index (χ0n) is 18.7. The fraction of sp³-hybridized carbons (Fsp3) is 0.182. The second kappa shape index (κ2) is 9.63. The van der Waals surface area contributed by atoms with Gasteiger partial charge in [0.1, 0.15) is 17.2 Å². The van der Waals surface area contributed by atoms with Gasteiger partial charge in [0.15, 0.2) is 0 Å². The van der Waals surface area contributed by atoms with E-state index in [2.05, 4.69) is 5.32 Å². The van der Waals surface area contributed by atoms with Crippen LogP contribution in [0.1, 0.15) is 11.1 Å². The number of nitrogens with zero attached hydrogens (tertiary/aromatic N) is 1. The molecule has 2 aliphatic heterocycles. The van der Waals surface area contributed by atoms with Crippen LogP contribution in [0, 0.1) is 0 Å². The molecule has 4 rings (SSSR count). The fourth-order valence-electron chi connectivity index (χ4n) is 3.48. The Bertz CT molecular complexity index is 1460. The van der Waals surface area contributed by atoms with Crippen LogP contribution in [-0.2, 0) is 12.4 Å². The SMILES string of the molecule is COc1ccc(-n2c3cssc-3c(NC(=O)Nc3cc(C(F)(F)F)cc(C(F)(F)F)c3)c2=O)c(OC)c1. The summed E-state index contributed by atoms with van der Waals surface area (Å²) in [5, 5.41) is 5.86. The van der Waals surface area contributed by atoms with Crippen LogP contribution in [0.2, 0.25) is 0 Å². The molecular weight excluding hydrogens is 548 g/mol. The summed E-state index contributed by atoms with van der Waals surface area (Å²) < 4.78 is 90.6. The number of benzene rings is 2. The minimum absolute atomic E-state index is 0.0578. The van der Waals surface area contributed by atoms with Gasteiger partial charge in [0, 0.05) is 17.1 Å². The highest BCUT2D eigenvalue weighted by molar-refractivity contribution is 7.70. The van der Waals surface area contributed by atoms with Crippen molar-refractivity contribution in [3.05, 3.63) is 63.3 Å². The predicted octanol–water partition coefficient (Wildman–Crippen LogP) is 6.76. The summed E-state index contributed by atoms with van der Waals surface area (Å²) in [6.45, 7) is 0. The predicted molar refractivity (Wildman–Crippen MR) is 127 cm³/mol. The summed E-state index contributed by atoms with van der Waals surface area (Å²) in [4.78, 5) is 26.2. The topological polar surface area (TPSA) is 81.6 Å². The maximum Gasteiger partial charge on any atom is 0.416 e. The van der Waals surface area contributed by atoms with E-state index in [9.17, 15) is 35.9 Å². The molecule has 0 atom stereocenters. The number of methoxy groups -OCH3 is 2. The Balaban J connectivity index is 1.70. The number of nitrogens with one attached hydrogen (secondary N) is 2. The lowest BCUT2D eigenvalue weighted by atomic mass is 10.1. The lowest BCUT2D eigenvalue weighted by molar-refractivity contribution is -0.143. The first-order valence-corrected chi connectivity index (χ1v) is 12.3. The van der Waals surface area contributed by atoms with Crippen molar-refractivity contribution in [1.82, 2.24) is 4.57 Å². The molecule has 7 nitrogen and oxygen atoms in total. The van der Waals surface area contributed by atoms with Gasteiger partial charge in [0.2, 0.25) is 0 Å². The third-order valence-corrected chi connectivity index (χ3v) is 7.19. The van der Waals surface area contributed by atoms with Gasteiger partial charge < -0.3 is 20.1 Å². The average molecular weight is 564 g/mol. The number of carbonyl (C=O) groups is 1. The lowest BCUT2D eigenvalue weighted by Gasteiger charge is -2.15. The highest BCUT2D eigenvalue weighted by Crippen LogP contribution is 2.41. The van der Waals surface area contributed by atoms with Crippen molar-refractivity contribution < 1.29 is 40.6 Å². The fourth-order valence-corrected chi connectivity index (χ4v) is 5.68. The number of halogens is 6. The smallest absolute Gasteiger partial charge is 0.416 e. The van der Waals surface area contributed by atoms with E-state index >= 15 is 0 Å². The van der Waals surface area contributed by atoms with Crippen molar-refractivity contribution in [2.75, 3.05) is 24.9 Å². The number of alkyl halides is 6. The van der Waals surface area contributed by atoms with Gasteiger partial charge in [-0.1, -0.05) is 20.7 Å². The summed E-state index contributed by atoms with van der Waals surface area (Å²) in [6, 6.07) is 4.16. The molecule has 2 amide bonds. The minimum atomic E-state index is -5.09. The van der Waals surface area contributed by atoms with Crippen molar-refractivity contribution >= 4 is 38.1 Å². The second-order valence-corrected chi connectivity index (χ2v) is 9.52. The third-order valence-electron chi connectivity index (χ3n) is 5.12. The average Bonchev–Trinajstić information content (AvgIpc) is 3.39. The maximum absolute atomic E-state index is 13.3. The second-order valence-electron chi connectivity index (χ2n) is 7.44. The van der Waals surface area contributed by atoms with E-state index in [1.165, 1.54) is 29.1 Å². The van der Waals surface area contributed by atoms with Crippen LogP contribution in [0.15, 0.2) is 46.6 Å². The zero-order chi connectivity index (χ0) is 27.1. The monoisotopic (exact) mass is 563 g/mol. The van der Waals surface area contributed by atoms with Crippen LogP contribution in [0.4, 0.5) is 42.5 Å². The molecule has 2 aromatic rings. The third kappa shape index (κ3) is 5.22. The molecule has 0 fully saturated rings. The summed E-state index contributed by atoms with van der Waals surface area (Å²) >= 11 is 0. The molecule has 2 aliphatic rings. The molecule has 0 spiro atoms. The Morgan fingerprint density at radius 1 is 0.919 bits per heavy atom. The zero-order valence-corrected chi connectivity index (χ0v) is 20.3. The molecule has 0 radical (unpaired) electrons. The van der Waals surface area contributed by atoms with Crippen molar-refractivity contribution in [3.8, 4) is 27.8 Å². The molecule has 196 valence electrons.